The maximum atomic E-state index is 12.5. The van der Waals surface area contributed by atoms with Crippen molar-refractivity contribution < 1.29 is 4.79 Å². The summed E-state index contributed by atoms with van der Waals surface area (Å²) in [5.74, 6) is -0.217. The third kappa shape index (κ3) is 4.57. The molecule has 0 atom stereocenters. The number of halogens is 1. The molecule has 8 nitrogen and oxygen atoms in total. The van der Waals surface area contributed by atoms with Crippen LogP contribution in [0.5, 0.6) is 0 Å². The van der Waals surface area contributed by atoms with Gasteiger partial charge in [0.05, 0.1) is 18.3 Å². The summed E-state index contributed by atoms with van der Waals surface area (Å²) in [4.78, 5) is 12.5. The first kappa shape index (κ1) is 20.7. The van der Waals surface area contributed by atoms with Gasteiger partial charge in [0, 0.05) is 5.41 Å². The number of piperidine rings is 1. The Morgan fingerprint density at radius 2 is 1.96 bits per heavy atom. The molecule has 144 valence electrons. The molecular weight excluding hydrogens is 374 g/mol. The zero-order chi connectivity index (χ0) is 18.0. The van der Waals surface area contributed by atoms with E-state index in [1.807, 2.05) is 11.6 Å². The van der Waals surface area contributed by atoms with Gasteiger partial charge in [-0.2, -0.15) is 0 Å². The van der Waals surface area contributed by atoms with Crippen LogP contribution < -0.4 is 10.6 Å². The normalized spacial score (nSPS) is 15.5. The summed E-state index contributed by atoms with van der Waals surface area (Å²) in [6, 6.07) is 0.313. The monoisotopic (exact) mass is 399 g/mol. The van der Waals surface area contributed by atoms with Gasteiger partial charge < -0.3 is 10.6 Å². The SMILES string of the molecule is Cc1c(C(=O)NCc2nnc(C(C)(C)C)s2)nnn1C1CCNCC1.Cl. The van der Waals surface area contributed by atoms with Gasteiger partial charge in [0.25, 0.3) is 5.91 Å². The Morgan fingerprint density at radius 1 is 1.27 bits per heavy atom. The van der Waals surface area contributed by atoms with E-state index >= 15 is 0 Å². The minimum Gasteiger partial charge on any atom is -0.344 e. The molecule has 0 spiro atoms. The number of hydrogen-bond acceptors (Lipinski definition) is 7. The van der Waals surface area contributed by atoms with Gasteiger partial charge >= 0.3 is 0 Å². The lowest BCUT2D eigenvalue weighted by molar-refractivity contribution is 0.0945. The fourth-order valence-corrected chi connectivity index (χ4v) is 3.65. The Hall–Kier alpha value is -1.58. The lowest BCUT2D eigenvalue weighted by Crippen LogP contribution is -2.30. The molecule has 1 saturated heterocycles. The van der Waals surface area contributed by atoms with Crippen molar-refractivity contribution in [3.8, 4) is 0 Å². The van der Waals surface area contributed by atoms with Crippen LogP contribution in [0.3, 0.4) is 0 Å². The number of rotatable bonds is 4. The van der Waals surface area contributed by atoms with Crippen molar-refractivity contribution in [1.82, 2.24) is 35.8 Å². The summed E-state index contributed by atoms with van der Waals surface area (Å²) in [5, 5.41) is 24.6. The molecule has 10 heteroatoms. The second kappa shape index (κ2) is 8.41. The number of aromatic nitrogens is 5. The zero-order valence-corrected chi connectivity index (χ0v) is 17.2. The standard InChI is InChI=1S/C16H25N7OS.ClH/c1-10-13(20-22-23(10)11-5-7-17-8-6-11)14(24)18-9-12-19-21-15(25-12)16(2,3)4;/h11,17H,5-9H2,1-4H3,(H,18,24);1H. The van der Waals surface area contributed by atoms with E-state index in [0.29, 0.717) is 18.3 Å². The van der Waals surface area contributed by atoms with E-state index < -0.39 is 0 Å². The van der Waals surface area contributed by atoms with Gasteiger partial charge in [0.1, 0.15) is 10.0 Å². The van der Waals surface area contributed by atoms with Crippen LogP contribution in [0, 0.1) is 6.92 Å². The first-order valence-electron chi connectivity index (χ1n) is 8.60. The van der Waals surface area contributed by atoms with Crippen LogP contribution in [0.25, 0.3) is 0 Å². The molecular formula is C16H26ClN7OS. The third-order valence-corrected chi connectivity index (χ3v) is 5.65. The van der Waals surface area contributed by atoms with Crippen molar-refractivity contribution in [2.45, 2.75) is 58.5 Å². The molecule has 0 bridgehead atoms. The van der Waals surface area contributed by atoms with Crippen LogP contribution in [0.2, 0.25) is 0 Å². The third-order valence-electron chi connectivity index (χ3n) is 4.31. The van der Waals surface area contributed by atoms with E-state index in [0.717, 1.165) is 41.6 Å². The predicted molar refractivity (Wildman–Crippen MR) is 103 cm³/mol. The Balaban J connectivity index is 0.00000243. The molecule has 1 aliphatic heterocycles. The van der Waals surface area contributed by atoms with Crippen LogP contribution in [0.15, 0.2) is 0 Å². The predicted octanol–water partition coefficient (Wildman–Crippen LogP) is 2.01. The van der Waals surface area contributed by atoms with Gasteiger partial charge in [-0.15, -0.1) is 27.7 Å². The summed E-state index contributed by atoms with van der Waals surface area (Å²) in [5.41, 5.74) is 1.17. The van der Waals surface area contributed by atoms with Crippen molar-refractivity contribution >= 4 is 29.7 Å². The quantitative estimate of drug-likeness (QED) is 0.816. The fourth-order valence-electron chi connectivity index (χ4n) is 2.82. The average molecular weight is 400 g/mol. The van der Waals surface area contributed by atoms with Crippen molar-refractivity contribution in [1.29, 1.82) is 0 Å². The van der Waals surface area contributed by atoms with Gasteiger partial charge in [-0.05, 0) is 32.9 Å². The second-order valence-corrected chi connectivity index (χ2v) is 8.44. The molecule has 0 unspecified atom stereocenters. The van der Waals surface area contributed by atoms with Crippen molar-refractivity contribution in [3.05, 3.63) is 21.4 Å². The minimum absolute atomic E-state index is 0. The Bertz CT molecular complexity index is 746. The highest BCUT2D eigenvalue weighted by atomic mass is 35.5. The largest absolute Gasteiger partial charge is 0.344 e. The van der Waals surface area contributed by atoms with Gasteiger partial charge in [0.2, 0.25) is 0 Å². The molecule has 0 aliphatic carbocycles. The maximum Gasteiger partial charge on any atom is 0.274 e. The Labute approximate surface area is 163 Å². The second-order valence-electron chi connectivity index (χ2n) is 7.38. The highest BCUT2D eigenvalue weighted by Gasteiger charge is 2.23. The molecule has 1 amide bonds. The molecule has 26 heavy (non-hydrogen) atoms. The van der Waals surface area contributed by atoms with Gasteiger partial charge in [-0.25, -0.2) is 4.68 Å². The van der Waals surface area contributed by atoms with E-state index in [-0.39, 0.29) is 23.7 Å². The molecule has 0 radical (unpaired) electrons. The molecule has 1 fully saturated rings. The molecule has 0 aromatic carbocycles. The van der Waals surface area contributed by atoms with Crippen LogP contribution in [-0.4, -0.2) is 44.2 Å². The van der Waals surface area contributed by atoms with Gasteiger partial charge in [-0.1, -0.05) is 37.3 Å². The maximum absolute atomic E-state index is 12.5. The summed E-state index contributed by atoms with van der Waals surface area (Å²) in [6.45, 7) is 10.5. The summed E-state index contributed by atoms with van der Waals surface area (Å²) in [7, 11) is 0. The van der Waals surface area contributed by atoms with E-state index in [2.05, 4.69) is 51.9 Å². The molecule has 0 saturated carbocycles. The number of carbonyl (C=O) groups is 1. The minimum atomic E-state index is -0.217. The summed E-state index contributed by atoms with van der Waals surface area (Å²) in [6.07, 6.45) is 2.01. The molecule has 2 aromatic rings. The highest BCUT2D eigenvalue weighted by molar-refractivity contribution is 7.11. The molecule has 2 N–H and O–H groups in total. The van der Waals surface area contributed by atoms with E-state index in [9.17, 15) is 4.79 Å². The van der Waals surface area contributed by atoms with Gasteiger partial charge in [0.15, 0.2) is 5.69 Å². The first-order valence-corrected chi connectivity index (χ1v) is 9.41. The fraction of sp³-hybridized carbons (Fsp3) is 0.688. The number of nitrogens with zero attached hydrogens (tertiary/aromatic N) is 5. The van der Waals surface area contributed by atoms with Crippen LogP contribution in [0.4, 0.5) is 0 Å². The highest BCUT2D eigenvalue weighted by Crippen LogP contribution is 2.25. The Kier molecular flexibility index (Phi) is 6.70. The molecule has 2 aromatic heterocycles. The van der Waals surface area contributed by atoms with Crippen LogP contribution in [-0.2, 0) is 12.0 Å². The average Bonchev–Trinajstić information content (AvgIpc) is 3.20. The van der Waals surface area contributed by atoms with E-state index in [4.69, 9.17) is 0 Å². The number of carbonyl (C=O) groups excluding carboxylic acids is 1. The topological polar surface area (TPSA) is 97.6 Å². The van der Waals surface area contributed by atoms with Crippen LogP contribution >= 0.6 is 23.7 Å². The summed E-state index contributed by atoms with van der Waals surface area (Å²) >= 11 is 1.52. The van der Waals surface area contributed by atoms with E-state index in [1.165, 1.54) is 11.3 Å². The Morgan fingerprint density at radius 3 is 2.58 bits per heavy atom. The summed E-state index contributed by atoms with van der Waals surface area (Å²) < 4.78 is 1.89. The lowest BCUT2D eigenvalue weighted by atomic mass is 9.98. The number of nitrogens with one attached hydrogen (secondary N) is 2. The first-order chi connectivity index (χ1) is 11.9. The van der Waals surface area contributed by atoms with E-state index in [1.54, 1.807) is 0 Å². The molecule has 1 aliphatic rings. The molecule has 3 rings (SSSR count). The smallest absolute Gasteiger partial charge is 0.274 e. The van der Waals surface area contributed by atoms with Crippen molar-refractivity contribution in [2.24, 2.45) is 0 Å². The molecule has 3 heterocycles. The number of hydrogen-bond donors (Lipinski definition) is 2. The van der Waals surface area contributed by atoms with Gasteiger partial charge in [-0.3, -0.25) is 4.79 Å². The van der Waals surface area contributed by atoms with Crippen molar-refractivity contribution in [3.63, 3.8) is 0 Å². The number of amides is 1. The zero-order valence-electron chi connectivity index (χ0n) is 15.6. The lowest BCUT2D eigenvalue weighted by Gasteiger charge is -2.23. The van der Waals surface area contributed by atoms with Crippen LogP contribution in [0.1, 0.15) is 65.9 Å². The van der Waals surface area contributed by atoms with Crippen molar-refractivity contribution in [2.75, 3.05) is 13.1 Å².